The molecule has 0 aliphatic carbocycles. The zero-order valence-corrected chi connectivity index (χ0v) is 19.9. The van der Waals surface area contributed by atoms with Crippen molar-refractivity contribution in [3.8, 4) is 11.8 Å². The highest BCUT2D eigenvalue weighted by molar-refractivity contribution is 7.99. The summed E-state index contributed by atoms with van der Waals surface area (Å²) in [5.74, 6) is -0.170. The van der Waals surface area contributed by atoms with Crippen molar-refractivity contribution in [3.63, 3.8) is 0 Å². The van der Waals surface area contributed by atoms with Gasteiger partial charge in [-0.1, -0.05) is 12.1 Å². The van der Waals surface area contributed by atoms with Gasteiger partial charge in [0, 0.05) is 11.4 Å². The molecule has 2 aliphatic rings. The van der Waals surface area contributed by atoms with Gasteiger partial charge in [0.05, 0.1) is 24.6 Å². The molecule has 180 valence electrons. The number of carbonyl (C=O) groups excluding carboxylic acids is 4. The minimum absolute atomic E-state index is 0.268. The van der Waals surface area contributed by atoms with Gasteiger partial charge in [-0.3, -0.25) is 19.3 Å². The largest absolute Gasteiger partial charge is 0.497 e. The molecule has 2 saturated heterocycles. The van der Waals surface area contributed by atoms with Gasteiger partial charge in [-0.15, -0.1) is 11.8 Å². The van der Waals surface area contributed by atoms with E-state index in [9.17, 15) is 19.2 Å². The Hall–Kier alpha value is -4.04. The number of carbonyl (C=O) groups is 4. The van der Waals surface area contributed by atoms with Crippen molar-refractivity contribution in [1.82, 2.24) is 15.1 Å². The van der Waals surface area contributed by atoms with E-state index in [1.807, 2.05) is 6.07 Å². The number of nitriles is 1. The Bertz CT molecular complexity index is 1210. The maximum absolute atomic E-state index is 13.2. The summed E-state index contributed by atoms with van der Waals surface area (Å²) in [6, 6.07) is 13.7. The summed E-state index contributed by atoms with van der Waals surface area (Å²) in [4.78, 5) is 54.0. The lowest BCUT2D eigenvalue weighted by Crippen LogP contribution is -2.49. The summed E-state index contributed by atoms with van der Waals surface area (Å²) in [7, 11) is 1.53. The van der Waals surface area contributed by atoms with E-state index in [0.29, 0.717) is 28.3 Å². The molecule has 0 radical (unpaired) electrons. The Morgan fingerprint density at radius 1 is 1.20 bits per heavy atom. The molecule has 35 heavy (non-hydrogen) atoms. The van der Waals surface area contributed by atoms with Crippen molar-refractivity contribution in [3.05, 3.63) is 59.7 Å². The third-order valence-corrected chi connectivity index (χ3v) is 7.03. The monoisotopic (exact) mass is 493 g/mol. The Morgan fingerprint density at radius 2 is 1.89 bits per heavy atom. The third-order valence-electron chi connectivity index (χ3n) is 6.02. The van der Waals surface area contributed by atoms with Crippen molar-refractivity contribution >= 4 is 41.2 Å². The Balaban J connectivity index is 1.44. The van der Waals surface area contributed by atoms with Crippen LogP contribution < -0.4 is 15.4 Å². The van der Waals surface area contributed by atoms with Gasteiger partial charge in [0.25, 0.3) is 5.91 Å². The van der Waals surface area contributed by atoms with E-state index in [0.717, 1.165) is 4.90 Å². The molecule has 2 aromatic carbocycles. The lowest BCUT2D eigenvalue weighted by Gasteiger charge is -2.25. The molecule has 2 heterocycles. The van der Waals surface area contributed by atoms with Gasteiger partial charge >= 0.3 is 6.03 Å². The van der Waals surface area contributed by atoms with E-state index in [1.54, 1.807) is 55.5 Å². The highest BCUT2D eigenvalue weighted by Crippen LogP contribution is 2.30. The van der Waals surface area contributed by atoms with Gasteiger partial charge in [-0.2, -0.15) is 5.26 Å². The fourth-order valence-corrected chi connectivity index (χ4v) is 5.13. The Labute approximate surface area is 206 Å². The zero-order valence-electron chi connectivity index (χ0n) is 19.1. The smallest absolute Gasteiger partial charge is 0.325 e. The van der Waals surface area contributed by atoms with Crippen LogP contribution in [0, 0.1) is 11.3 Å². The van der Waals surface area contributed by atoms with Crippen molar-refractivity contribution in [2.24, 2.45) is 0 Å². The molecule has 4 rings (SSSR count). The molecule has 10 nitrogen and oxygen atoms in total. The van der Waals surface area contributed by atoms with E-state index in [-0.39, 0.29) is 11.8 Å². The molecule has 0 bridgehead atoms. The molecule has 2 atom stereocenters. The standard InChI is InChI=1S/C24H23N5O5S/c1-24(16-5-9-18(34-2)10-6-16)22(32)28(23(33)27-24)12-20(30)29-14-35-13-19(29)21(31)26-17-7-3-15(11-25)4-8-17/h3-10,19H,12-14H2,1-2H3,(H,26,31)(H,27,33). The van der Waals surface area contributed by atoms with Crippen LogP contribution in [0.2, 0.25) is 0 Å². The van der Waals surface area contributed by atoms with Gasteiger partial charge < -0.3 is 20.3 Å². The molecule has 0 spiro atoms. The van der Waals surface area contributed by atoms with Gasteiger partial charge in [-0.25, -0.2) is 4.79 Å². The number of nitrogens with one attached hydrogen (secondary N) is 2. The first-order chi connectivity index (χ1) is 16.8. The van der Waals surface area contributed by atoms with Crippen LogP contribution in [0.25, 0.3) is 0 Å². The molecule has 2 aromatic rings. The normalized spacial score (nSPS) is 21.5. The lowest BCUT2D eigenvalue weighted by molar-refractivity contribution is -0.140. The first-order valence-corrected chi connectivity index (χ1v) is 11.9. The number of ether oxygens (including phenoxy) is 1. The number of hydrogen-bond donors (Lipinski definition) is 2. The first-order valence-electron chi connectivity index (χ1n) is 10.7. The number of thioether (sulfide) groups is 1. The SMILES string of the molecule is COc1ccc(C2(C)NC(=O)N(CC(=O)N3CSCC3C(=O)Nc3ccc(C#N)cc3)C2=O)cc1. The predicted molar refractivity (Wildman–Crippen MR) is 128 cm³/mol. The van der Waals surface area contributed by atoms with E-state index in [2.05, 4.69) is 10.6 Å². The van der Waals surface area contributed by atoms with Crippen LogP contribution in [0.3, 0.4) is 0 Å². The number of anilines is 1. The van der Waals surface area contributed by atoms with Crippen molar-refractivity contribution < 1.29 is 23.9 Å². The molecule has 0 aromatic heterocycles. The van der Waals surface area contributed by atoms with Crippen LogP contribution >= 0.6 is 11.8 Å². The van der Waals surface area contributed by atoms with E-state index in [4.69, 9.17) is 10.00 Å². The van der Waals surface area contributed by atoms with Crippen molar-refractivity contribution in [1.29, 1.82) is 5.26 Å². The van der Waals surface area contributed by atoms with Gasteiger partial charge in [0.15, 0.2) is 0 Å². The lowest BCUT2D eigenvalue weighted by atomic mass is 9.92. The number of amides is 5. The fourth-order valence-electron chi connectivity index (χ4n) is 3.95. The summed E-state index contributed by atoms with van der Waals surface area (Å²) in [5.41, 5.74) is 0.201. The Kier molecular flexibility index (Phi) is 6.66. The van der Waals surface area contributed by atoms with Crippen LogP contribution in [-0.4, -0.2) is 64.9 Å². The quantitative estimate of drug-likeness (QED) is 0.587. The van der Waals surface area contributed by atoms with E-state index >= 15 is 0 Å². The minimum atomic E-state index is -1.32. The molecule has 2 N–H and O–H groups in total. The third kappa shape index (κ3) is 4.65. The van der Waals surface area contributed by atoms with E-state index < -0.39 is 36.0 Å². The molecule has 11 heteroatoms. The summed E-state index contributed by atoms with van der Waals surface area (Å²) in [6.07, 6.45) is 0. The zero-order chi connectivity index (χ0) is 25.2. The number of nitrogens with zero attached hydrogens (tertiary/aromatic N) is 3. The summed E-state index contributed by atoms with van der Waals surface area (Å²) >= 11 is 1.41. The summed E-state index contributed by atoms with van der Waals surface area (Å²) in [5, 5.41) is 14.3. The summed E-state index contributed by atoms with van der Waals surface area (Å²) in [6.45, 7) is 1.11. The average molecular weight is 494 g/mol. The number of benzene rings is 2. The maximum atomic E-state index is 13.2. The molecular formula is C24H23N5O5S. The van der Waals surface area contributed by atoms with Crippen LogP contribution in [0.1, 0.15) is 18.1 Å². The van der Waals surface area contributed by atoms with Crippen LogP contribution in [-0.2, 0) is 19.9 Å². The number of hydrogen-bond acceptors (Lipinski definition) is 7. The molecule has 2 fully saturated rings. The number of imide groups is 1. The van der Waals surface area contributed by atoms with Crippen LogP contribution in [0.4, 0.5) is 10.5 Å². The second-order valence-corrected chi connectivity index (χ2v) is 9.23. The number of methoxy groups -OCH3 is 1. The highest BCUT2D eigenvalue weighted by Gasteiger charge is 2.50. The van der Waals surface area contributed by atoms with Gasteiger partial charge in [0.1, 0.15) is 23.9 Å². The second kappa shape index (κ2) is 9.68. The Morgan fingerprint density at radius 3 is 2.51 bits per heavy atom. The van der Waals surface area contributed by atoms with Crippen molar-refractivity contribution in [2.45, 2.75) is 18.5 Å². The molecule has 5 amide bonds. The number of rotatable bonds is 6. The molecular weight excluding hydrogens is 470 g/mol. The fraction of sp³-hybridized carbons (Fsp3) is 0.292. The molecule has 2 unspecified atom stereocenters. The van der Waals surface area contributed by atoms with Gasteiger partial charge in [-0.05, 0) is 48.9 Å². The minimum Gasteiger partial charge on any atom is -0.497 e. The van der Waals surface area contributed by atoms with Crippen LogP contribution in [0.5, 0.6) is 5.75 Å². The van der Waals surface area contributed by atoms with Crippen molar-refractivity contribution in [2.75, 3.05) is 30.6 Å². The number of urea groups is 1. The van der Waals surface area contributed by atoms with Gasteiger partial charge in [0.2, 0.25) is 11.8 Å². The summed E-state index contributed by atoms with van der Waals surface area (Å²) < 4.78 is 5.14. The maximum Gasteiger partial charge on any atom is 0.325 e. The van der Waals surface area contributed by atoms with E-state index in [1.165, 1.54) is 23.8 Å². The predicted octanol–water partition coefficient (Wildman–Crippen LogP) is 1.87. The first kappa shape index (κ1) is 24.1. The molecule has 0 saturated carbocycles. The molecule has 2 aliphatic heterocycles. The average Bonchev–Trinajstić information content (AvgIpc) is 3.44. The highest BCUT2D eigenvalue weighted by atomic mass is 32.2. The van der Waals surface area contributed by atoms with Crippen LogP contribution in [0.15, 0.2) is 48.5 Å². The topological polar surface area (TPSA) is 132 Å². The second-order valence-electron chi connectivity index (χ2n) is 8.23.